The fourth-order valence-electron chi connectivity index (χ4n) is 1.94. The number of hydrogen-bond acceptors (Lipinski definition) is 3. The molecule has 0 spiro atoms. The molecule has 4 heteroatoms. The lowest BCUT2D eigenvalue weighted by atomic mass is 9.80. The topological polar surface area (TPSA) is 49.8 Å². The van der Waals surface area contributed by atoms with Gasteiger partial charge in [-0.3, -0.25) is 0 Å². The van der Waals surface area contributed by atoms with Crippen LogP contribution < -0.4 is 5.73 Å². The summed E-state index contributed by atoms with van der Waals surface area (Å²) in [6, 6.07) is 10.6. The summed E-state index contributed by atoms with van der Waals surface area (Å²) in [4.78, 5) is 1.07. The van der Waals surface area contributed by atoms with Crippen LogP contribution in [0.4, 0.5) is 10.1 Å². The number of nitrogens with zero attached hydrogens (tertiary/aromatic N) is 1. The second kappa shape index (κ2) is 4.79. The molecule has 0 aliphatic carbocycles. The summed E-state index contributed by atoms with van der Waals surface area (Å²) in [5.41, 5.74) is 5.42. The summed E-state index contributed by atoms with van der Waals surface area (Å²) >= 11 is 1.57. The summed E-state index contributed by atoms with van der Waals surface area (Å²) in [5.74, 6) is -0.421. The maximum atomic E-state index is 13.9. The molecule has 0 aliphatic rings. The maximum Gasteiger partial charge on any atom is 0.130 e. The van der Waals surface area contributed by atoms with Gasteiger partial charge in [0.2, 0.25) is 0 Å². The molecular formula is C14H13FN2S. The average Bonchev–Trinajstić information content (AvgIpc) is 2.81. The highest BCUT2D eigenvalue weighted by molar-refractivity contribution is 7.09. The van der Waals surface area contributed by atoms with Crippen LogP contribution in [0.25, 0.3) is 0 Å². The normalized spacial score (nSPS) is 13.8. The zero-order chi connectivity index (χ0) is 13.2. The molecule has 2 aromatic rings. The molecule has 18 heavy (non-hydrogen) atoms. The largest absolute Gasteiger partial charge is 0.399 e. The van der Waals surface area contributed by atoms with Crippen LogP contribution in [0.15, 0.2) is 35.7 Å². The smallest absolute Gasteiger partial charge is 0.130 e. The van der Waals surface area contributed by atoms with E-state index in [0.717, 1.165) is 4.88 Å². The van der Waals surface area contributed by atoms with E-state index in [1.54, 1.807) is 30.4 Å². The van der Waals surface area contributed by atoms with Gasteiger partial charge in [-0.05, 0) is 30.5 Å². The first kappa shape index (κ1) is 12.6. The monoisotopic (exact) mass is 260 g/mol. The van der Waals surface area contributed by atoms with Gasteiger partial charge in [-0.25, -0.2) is 4.39 Å². The molecule has 92 valence electrons. The summed E-state index contributed by atoms with van der Waals surface area (Å²) in [5, 5.41) is 11.3. The van der Waals surface area contributed by atoms with Gasteiger partial charge in [0.1, 0.15) is 5.82 Å². The van der Waals surface area contributed by atoms with Crippen molar-refractivity contribution in [3.63, 3.8) is 0 Å². The molecule has 2 rings (SSSR count). The summed E-state index contributed by atoms with van der Waals surface area (Å²) < 4.78 is 13.9. The first-order chi connectivity index (χ1) is 8.55. The van der Waals surface area contributed by atoms with Crippen molar-refractivity contribution in [2.75, 3.05) is 5.73 Å². The summed E-state index contributed by atoms with van der Waals surface area (Å²) in [6.45, 7) is 1.75. The van der Waals surface area contributed by atoms with Gasteiger partial charge in [-0.15, -0.1) is 11.3 Å². The molecule has 0 bridgehead atoms. The van der Waals surface area contributed by atoms with Crippen molar-refractivity contribution in [3.8, 4) is 6.07 Å². The van der Waals surface area contributed by atoms with Crippen LogP contribution >= 0.6 is 11.3 Å². The van der Waals surface area contributed by atoms with Crippen LogP contribution in [0, 0.1) is 17.1 Å². The number of nitrogen functional groups attached to an aromatic ring is 1. The van der Waals surface area contributed by atoms with E-state index < -0.39 is 11.2 Å². The number of thiophene rings is 1. The molecule has 1 unspecified atom stereocenters. The van der Waals surface area contributed by atoms with Crippen LogP contribution in [0.3, 0.4) is 0 Å². The fourth-order valence-corrected chi connectivity index (χ4v) is 2.80. The van der Waals surface area contributed by atoms with E-state index in [1.807, 2.05) is 17.5 Å². The van der Waals surface area contributed by atoms with Crippen molar-refractivity contribution in [2.45, 2.75) is 18.8 Å². The van der Waals surface area contributed by atoms with E-state index in [9.17, 15) is 9.65 Å². The second-order valence-corrected chi connectivity index (χ2v) is 5.47. The van der Waals surface area contributed by atoms with E-state index >= 15 is 0 Å². The molecule has 0 saturated carbocycles. The van der Waals surface area contributed by atoms with E-state index in [0.29, 0.717) is 17.7 Å². The number of benzene rings is 1. The van der Waals surface area contributed by atoms with Crippen molar-refractivity contribution in [1.29, 1.82) is 5.26 Å². The summed E-state index contributed by atoms with van der Waals surface area (Å²) in [7, 11) is 0. The van der Waals surface area contributed by atoms with Gasteiger partial charge in [0, 0.05) is 22.5 Å². The third-order valence-electron chi connectivity index (χ3n) is 2.94. The maximum absolute atomic E-state index is 13.9. The van der Waals surface area contributed by atoms with Crippen molar-refractivity contribution in [1.82, 2.24) is 0 Å². The molecule has 1 aromatic heterocycles. The first-order valence-corrected chi connectivity index (χ1v) is 6.42. The van der Waals surface area contributed by atoms with Gasteiger partial charge in [0.05, 0.1) is 11.5 Å². The highest BCUT2D eigenvalue weighted by Gasteiger charge is 2.30. The van der Waals surface area contributed by atoms with Gasteiger partial charge < -0.3 is 5.73 Å². The van der Waals surface area contributed by atoms with Gasteiger partial charge in [0.25, 0.3) is 0 Å². The van der Waals surface area contributed by atoms with Gasteiger partial charge in [-0.1, -0.05) is 12.1 Å². The fraction of sp³-hybridized carbons (Fsp3) is 0.214. The third kappa shape index (κ3) is 2.36. The number of nitriles is 1. The highest BCUT2D eigenvalue weighted by Crippen LogP contribution is 2.31. The van der Waals surface area contributed by atoms with Crippen LogP contribution in [0.1, 0.15) is 17.4 Å². The minimum Gasteiger partial charge on any atom is -0.399 e. The second-order valence-electron chi connectivity index (χ2n) is 4.44. The predicted molar refractivity (Wildman–Crippen MR) is 71.8 cm³/mol. The zero-order valence-electron chi connectivity index (χ0n) is 9.98. The lowest BCUT2D eigenvalue weighted by Gasteiger charge is -2.22. The molecule has 0 amide bonds. The van der Waals surface area contributed by atoms with Crippen molar-refractivity contribution in [3.05, 3.63) is 52.0 Å². The minimum atomic E-state index is -0.872. The average molecular weight is 260 g/mol. The Kier molecular flexibility index (Phi) is 3.35. The quantitative estimate of drug-likeness (QED) is 0.859. The lowest BCUT2D eigenvalue weighted by molar-refractivity contribution is 0.538. The van der Waals surface area contributed by atoms with Gasteiger partial charge in [-0.2, -0.15) is 5.26 Å². The Morgan fingerprint density at radius 1 is 1.44 bits per heavy atom. The molecule has 0 saturated heterocycles. The standard InChI is InChI=1S/C14H13FN2S/c1-14(9-16,8-11-3-2-6-18-11)12-5-4-10(17)7-13(12)15/h2-7H,8,17H2,1H3. The van der Waals surface area contributed by atoms with Crippen LogP contribution in [-0.2, 0) is 11.8 Å². The Hall–Kier alpha value is -1.86. The molecule has 2 nitrogen and oxygen atoms in total. The molecule has 0 aliphatic heterocycles. The first-order valence-electron chi connectivity index (χ1n) is 5.54. The van der Waals surface area contributed by atoms with Crippen molar-refractivity contribution in [2.24, 2.45) is 0 Å². The zero-order valence-corrected chi connectivity index (χ0v) is 10.8. The SMILES string of the molecule is CC(C#N)(Cc1cccs1)c1ccc(N)cc1F. The Balaban J connectivity index is 2.41. The summed E-state index contributed by atoms with van der Waals surface area (Å²) in [6.07, 6.45) is 0.502. The molecular weight excluding hydrogens is 247 g/mol. The van der Waals surface area contributed by atoms with Crippen LogP contribution in [0.2, 0.25) is 0 Å². The van der Waals surface area contributed by atoms with Gasteiger partial charge in [0.15, 0.2) is 0 Å². The van der Waals surface area contributed by atoms with E-state index in [-0.39, 0.29) is 0 Å². The Labute approximate surface area is 109 Å². The predicted octanol–water partition coefficient (Wildman–Crippen LogP) is 3.49. The number of anilines is 1. The Bertz CT molecular complexity index is 586. The number of halogens is 1. The lowest BCUT2D eigenvalue weighted by Crippen LogP contribution is -2.24. The molecule has 2 N–H and O–H groups in total. The molecule has 1 aromatic carbocycles. The number of nitrogens with two attached hydrogens (primary N) is 1. The number of rotatable bonds is 3. The third-order valence-corrected chi connectivity index (χ3v) is 3.82. The van der Waals surface area contributed by atoms with E-state index in [4.69, 9.17) is 5.73 Å². The van der Waals surface area contributed by atoms with Gasteiger partial charge >= 0.3 is 0 Å². The van der Waals surface area contributed by atoms with E-state index in [2.05, 4.69) is 6.07 Å². The van der Waals surface area contributed by atoms with Crippen molar-refractivity contribution >= 4 is 17.0 Å². The Morgan fingerprint density at radius 2 is 2.22 bits per heavy atom. The molecule has 1 atom stereocenters. The molecule has 1 heterocycles. The molecule has 0 radical (unpaired) electrons. The van der Waals surface area contributed by atoms with Crippen molar-refractivity contribution < 1.29 is 4.39 Å². The number of hydrogen-bond donors (Lipinski definition) is 1. The molecule has 0 fully saturated rings. The highest BCUT2D eigenvalue weighted by atomic mass is 32.1. The van der Waals surface area contributed by atoms with Crippen LogP contribution in [-0.4, -0.2) is 0 Å². The van der Waals surface area contributed by atoms with E-state index in [1.165, 1.54) is 6.07 Å². The minimum absolute atomic E-state index is 0.368. The Morgan fingerprint density at radius 3 is 2.78 bits per heavy atom. The van der Waals surface area contributed by atoms with Crippen LogP contribution in [0.5, 0.6) is 0 Å².